The third kappa shape index (κ3) is 4.15. The number of anilines is 3. The van der Waals surface area contributed by atoms with Gasteiger partial charge < -0.3 is 10.6 Å². The first-order chi connectivity index (χ1) is 12.5. The molecule has 7 heteroatoms. The zero-order valence-electron chi connectivity index (χ0n) is 13.8. The van der Waals surface area contributed by atoms with Crippen molar-refractivity contribution in [1.29, 1.82) is 5.26 Å². The molecule has 0 saturated carbocycles. The van der Waals surface area contributed by atoms with Crippen molar-refractivity contribution < 1.29 is 4.79 Å². The second kappa shape index (κ2) is 7.64. The Labute approximate surface area is 155 Å². The van der Waals surface area contributed by atoms with Gasteiger partial charge in [-0.3, -0.25) is 4.79 Å². The van der Waals surface area contributed by atoms with Crippen LogP contribution in [0.4, 0.5) is 17.2 Å². The molecule has 0 aliphatic rings. The van der Waals surface area contributed by atoms with Crippen LogP contribution >= 0.6 is 11.6 Å². The van der Waals surface area contributed by atoms with Crippen molar-refractivity contribution in [3.8, 4) is 6.07 Å². The molecule has 0 fully saturated rings. The first-order valence-electron chi connectivity index (χ1n) is 7.74. The van der Waals surface area contributed by atoms with Crippen molar-refractivity contribution in [2.24, 2.45) is 0 Å². The number of nitrogens with one attached hydrogen (secondary N) is 2. The molecule has 1 amide bonds. The molecule has 0 radical (unpaired) electrons. The minimum atomic E-state index is -0.419. The lowest BCUT2D eigenvalue weighted by Crippen LogP contribution is -2.16. The number of aromatic nitrogens is 2. The summed E-state index contributed by atoms with van der Waals surface area (Å²) in [5, 5.41) is 15.6. The van der Waals surface area contributed by atoms with Gasteiger partial charge in [-0.1, -0.05) is 23.7 Å². The Balaban J connectivity index is 1.83. The molecule has 3 rings (SSSR count). The lowest BCUT2D eigenvalue weighted by molar-refractivity contribution is 0.102. The molecule has 0 aliphatic carbocycles. The fraction of sp³-hybridized carbons (Fsp3) is 0.0526. The summed E-state index contributed by atoms with van der Waals surface area (Å²) in [4.78, 5) is 21.0. The maximum Gasteiger partial charge on any atom is 0.274 e. The van der Waals surface area contributed by atoms with Crippen LogP contribution in [0.5, 0.6) is 0 Å². The van der Waals surface area contributed by atoms with Gasteiger partial charge in [0, 0.05) is 16.8 Å². The molecular formula is C19H14ClN5O. The Bertz CT molecular complexity index is 996. The van der Waals surface area contributed by atoms with Crippen molar-refractivity contribution in [2.45, 2.75) is 6.92 Å². The molecule has 6 nitrogen and oxygen atoms in total. The summed E-state index contributed by atoms with van der Waals surface area (Å²) in [5.74, 6) is 0.513. The van der Waals surface area contributed by atoms with Crippen LogP contribution in [-0.2, 0) is 0 Å². The highest BCUT2D eigenvalue weighted by Gasteiger charge is 2.13. The molecule has 1 aromatic heterocycles. The van der Waals surface area contributed by atoms with Crippen LogP contribution in [0.25, 0.3) is 0 Å². The number of para-hydroxylation sites is 1. The van der Waals surface area contributed by atoms with Crippen molar-refractivity contribution >= 4 is 34.7 Å². The smallest absolute Gasteiger partial charge is 0.274 e. The Morgan fingerprint density at radius 1 is 1.12 bits per heavy atom. The van der Waals surface area contributed by atoms with Crippen molar-refractivity contribution in [3.05, 3.63) is 76.7 Å². The molecule has 0 atom stereocenters. The van der Waals surface area contributed by atoms with Gasteiger partial charge in [-0.15, -0.1) is 0 Å². The van der Waals surface area contributed by atoms with Crippen LogP contribution in [0.1, 0.15) is 21.9 Å². The van der Waals surface area contributed by atoms with Gasteiger partial charge in [-0.25, -0.2) is 9.97 Å². The van der Waals surface area contributed by atoms with Gasteiger partial charge in [-0.05, 0) is 43.3 Å². The van der Waals surface area contributed by atoms with E-state index in [0.717, 1.165) is 5.69 Å². The number of nitriles is 1. The lowest BCUT2D eigenvalue weighted by Gasteiger charge is -2.10. The predicted octanol–water partition coefficient (Wildman–Crippen LogP) is 4.31. The summed E-state index contributed by atoms with van der Waals surface area (Å²) in [7, 11) is 0. The van der Waals surface area contributed by atoms with Crippen LogP contribution in [0.2, 0.25) is 5.02 Å². The summed E-state index contributed by atoms with van der Waals surface area (Å²) < 4.78 is 0. The van der Waals surface area contributed by atoms with E-state index in [0.29, 0.717) is 27.9 Å². The number of hydrogen-bond donors (Lipinski definition) is 2. The van der Waals surface area contributed by atoms with Crippen molar-refractivity contribution in [3.63, 3.8) is 0 Å². The third-order valence-corrected chi connectivity index (χ3v) is 3.73. The number of amides is 1. The standard InChI is InChI=1S/C19H14ClN5O/c1-12-22-17(19(26)25-16-5-3-2-4-13(16)11-21)10-18(23-12)24-15-8-6-14(20)7-9-15/h2-10H,1H3,(H,25,26)(H,22,23,24). The molecular weight excluding hydrogens is 350 g/mol. The number of nitrogens with zero attached hydrogens (tertiary/aromatic N) is 3. The zero-order valence-corrected chi connectivity index (χ0v) is 14.6. The molecule has 128 valence electrons. The quantitative estimate of drug-likeness (QED) is 0.720. The highest BCUT2D eigenvalue weighted by Crippen LogP contribution is 2.19. The summed E-state index contributed by atoms with van der Waals surface area (Å²) in [6, 6.07) is 17.5. The second-order valence-electron chi connectivity index (χ2n) is 5.43. The highest BCUT2D eigenvalue weighted by molar-refractivity contribution is 6.30. The molecule has 0 unspecified atom stereocenters. The van der Waals surface area contributed by atoms with E-state index in [1.54, 1.807) is 49.4 Å². The molecule has 26 heavy (non-hydrogen) atoms. The van der Waals surface area contributed by atoms with Gasteiger partial charge in [-0.2, -0.15) is 5.26 Å². The molecule has 3 aromatic rings. The van der Waals surface area contributed by atoms with E-state index < -0.39 is 5.91 Å². The molecule has 2 aromatic carbocycles. The van der Waals surface area contributed by atoms with Crippen molar-refractivity contribution in [2.75, 3.05) is 10.6 Å². The van der Waals surface area contributed by atoms with Gasteiger partial charge in [0.2, 0.25) is 0 Å². The number of hydrogen-bond acceptors (Lipinski definition) is 5. The van der Waals surface area contributed by atoms with Crippen molar-refractivity contribution in [1.82, 2.24) is 9.97 Å². The number of halogens is 1. The Morgan fingerprint density at radius 2 is 1.85 bits per heavy atom. The number of carbonyl (C=O) groups is 1. The number of benzene rings is 2. The first kappa shape index (κ1) is 17.4. The maximum atomic E-state index is 12.5. The minimum absolute atomic E-state index is 0.196. The average molecular weight is 364 g/mol. The third-order valence-electron chi connectivity index (χ3n) is 3.48. The van der Waals surface area contributed by atoms with Gasteiger partial charge in [0.25, 0.3) is 5.91 Å². The van der Waals surface area contributed by atoms with E-state index in [1.165, 1.54) is 0 Å². The molecule has 0 saturated heterocycles. The van der Waals surface area contributed by atoms with Crippen LogP contribution in [0.15, 0.2) is 54.6 Å². The van der Waals surface area contributed by atoms with Gasteiger partial charge >= 0.3 is 0 Å². The van der Waals surface area contributed by atoms with Crippen LogP contribution in [-0.4, -0.2) is 15.9 Å². The summed E-state index contributed by atoms with van der Waals surface area (Å²) >= 11 is 5.88. The van der Waals surface area contributed by atoms with Crippen LogP contribution < -0.4 is 10.6 Å². The molecule has 0 aliphatic heterocycles. The lowest BCUT2D eigenvalue weighted by atomic mass is 10.2. The zero-order chi connectivity index (χ0) is 18.5. The summed E-state index contributed by atoms with van der Waals surface area (Å²) in [5.41, 5.74) is 1.80. The highest BCUT2D eigenvalue weighted by atomic mass is 35.5. The van der Waals surface area contributed by atoms with E-state index in [9.17, 15) is 4.79 Å². The second-order valence-corrected chi connectivity index (χ2v) is 5.87. The first-order valence-corrected chi connectivity index (χ1v) is 8.12. The topological polar surface area (TPSA) is 90.7 Å². The van der Waals surface area contributed by atoms with E-state index in [-0.39, 0.29) is 5.69 Å². The van der Waals surface area contributed by atoms with Gasteiger partial charge in [0.1, 0.15) is 23.4 Å². The number of aryl methyl sites for hydroxylation is 1. The maximum absolute atomic E-state index is 12.5. The Hall–Kier alpha value is -3.43. The number of carbonyl (C=O) groups excluding carboxylic acids is 1. The number of rotatable bonds is 4. The molecule has 2 N–H and O–H groups in total. The molecule has 0 spiro atoms. The SMILES string of the molecule is Cc1nc(Nc2ccc(Cl)cc2)cc(C(=O)Nc2ccccc2C#N)n1. The fourth-order valence-electron chi connectivity index (χ4n) is 2.31. The predicted molar refractivity (Wildman–Crippen MR) is 101 cm³/mol. The van der Waals surface area contributed by atoms with E-state index in [1.807, 2.05) is 18.2 Å². The van der Waals surface area contributed by atoms with Crippen LogP contribution in [0, 0.1) is 18.3 Å². The monoisotopic (exact) mass is 363 g/mol. The fourth-order valence-corrected chi connectivity index (χ4v) is 2.43. The molecule has 0 bridgehead atoms. The largest absolute Gasteiger partial charge is 0.340 e. The van der Waals surface area contributed by atoms with E-state index in [2.05, 4.69) is 20.6 Å². The average Bonchev–Trinajstić information content (AvgIpc) is 2.63. The minimum Gasteiger partial charge on any atom is -0.340 e. The van der Waals surface area contributed by atoms with E-state index in [4.69, 9.17) is 16.9 Å². The van der Waals surface area contributed by atoms with Crippen LogP contribution in [0.3, 0.4) is 0 Å². The van der Waals surface area contributed by atoms with Gasteiger partial charge in [0.05, 0.1) is 11.3 Å². The molecule has 1 heterocycles. The summed E-state index contributed by atoms with van der Waals surface area (Å²) in [6.07, 6.45) is 0. The van der Waals surface area contributed by atoms with Gasteiger partial charge in [0.15, 0.2) is 0 Å². The Kier molecular flexibility index (Phi) is 5.11. The van der Waals surface area contributed by atoms with E-state index >= 15 is 0 Å². The summed E-state index contributed by atoms with van der Waals surface area (Å²) in [6.45, 7) is 1.70. The Morgan fingerprint density at radius 3 is 2.58 bits per heavy atom. The normalized spacial score (nSPS) is 10.0.